The highest BCUT2D eigenvalue weighted by atomic mass is 19.1. The Morgan fingerprint density at radius 2 is 2.36 bits per heavy atom. The largest absolute Gasteiger partial charge is 0.390 e. The summed E-state index contributed by atoms with van der Waals surface area (Å²) in [7, 11) is 0. The van der Waals surface area contributed by atoms with Gasteiger partial charge in [-0.1, -0.05) is 6.92 Å². The predicted octanol–water partition coefficient (Wildman–Crippen LogP) is 1.28. The van der Waals surface area contributed by atoms with Gasteiger partial charge >= 0.3 is 0 Å². The zero-order chi connectivity index (χ0) is 8.27. The van der Waals surface area contributed by atoms with E-state index in [2.05, 4.69) is 4.98 Å². The Balaban J connectivity index is 3.02. The molecule has 0 aliphatic rings. The van der Waals surface area contributed by atoms with Crippen LogP contribution in [0.3, 0.4) is 0 Å². The van der Waals surface area contributed by atoms with Crippen LogP contribution < -0.4 is 0 Å². The van der Waals surface area contributed by atoms with Gasteiger partial charge in [0.2, 0.25) is 0 Å². The molecule has 0 unspecified atom stereocenters. The van der Waals surface area contributed by atoms with Gasteiger partial charge in [0.05, 0.1) is 18.5 Å². The molecule has 0 saturated carbocycles. The maximum atomic E-state index is 12.8. The summed E-state index contributed by atoms with van der Waals surface area (Å²) in [5, 5.41) is 8.66. The lowest BCUT2D eigenvalue weighted by Crippen LogP contribution is -1.95. The van der Waals surface area contributed by atoms with E-state index in [1.807, 2.05) is 6.92 Å². The number of aliphatic hydroxyl groups excluding tert-OH is 1. The summed E-state index contributed by atoms with van der Waals surface area (Å²) in [6, 6.07) is 1.58. The van der Waals surface area contributed by atoms with E-state index in [-0.39, 0.29) is 12.4 Å². The second kappa shape index (κ2) is 3.44. The maximum Gasteiger partial charge on any atom is 0.144 e. The summed E-state index contributed by atoms with van der Waals surface area (Å²) in [4.78, 5) is 3.68. The van der Waals surface area contributed by atoms with Gasteiger partial charge in [0.15, 0.2) is 0 Å². The number of aliphatic hydroxyl groups is 1. The van der Waals surface area contributed by atoms with Gasteiger partial charge < -0.3 is 5.11 Å². The van der Waals surface area contributed by atoms with Gasteiger partial charge in [-0.3, -0.25) is 4.98 Å². The normalized spacial score (nSPS) is 10.1. The maximum absolute atomic E-state index is 12.8. The molecular formula is C8H10FNO. The Labute approximate surface area is 64.7 Å². The summed E-state index contributed by atoms with van der Waals surface area (Å²) >= 11 is 0. The summed E-state index contributed by atoms with van der Waals surface area (Å²) in [5.41, 5.74) is 1.12. The summed E-state index contributed by atoms with van der Waals surface area (Å²) in [6.45, 7) is 1.73. The van der Waals surface area contributed by atoms with Crippen LogP contribution >= 0.6 is 0 Å². The molecule has 0 fully saturated rings. The highest BCUT2D eigenvalue weighted by Gasteiger charge is 2.00. The number of aryl methyl sites for hydroxylation is 1. The van der Waals surface area contributed by atoms with E-state index in [1.165, 1.54) is 0 Å². The first-order chi connectivity index (χ1) is 5.27. The van der Waals surface area contributed by atoms with E-state index in [9.17, 15) is 4.39 Å². The molecule has 1 aromatic heterocycles. The molecule has 0 bridgehead atoms. The van der Waals surface area contributed by atoms with E-state index in [4.69, 9.17) is 5.11 Å². The average Bonchev–Trinajstić information content (AvgIpc) is 2.05. The molecule has 1 aromatic rings. The van der Waals surface area contributed by atoms with E-state index >= 15 is 0 Å². The molecule has 0 amide bonds. The Bertz CT molecular complexity index is 250. The Morgan fingerprint density at radius 1 is 1.64 bits per heavy atom. The van der Waals surface area contributed by atoms with Crippen molar-refractivity contribution in [3.63, 3.8) is 0 Å². The van der Waals surface area contributed by atoms with E-state index in [0.717, 1.165) is 6.20 Å². The van der Waals surface area contributed by atoms with E-state index < -0.39 is 0 Å². The monoisotopic (exact) mass is 155 g/mol. The Hall–Kier alpha value is -0.960. The highest BCUT2D eigenvalue weighted by Crippen LogP contribution is 2.07. The number of hydrogen-bond donors (Lipinski definition) is 1. The summed E-state index contributed by atoms with van der Waals surface area (Å²) < 4.78 is 12.8. The third kappa shape index (κ3) is 1.74. The topological polar surface area (TPSA) is 33.1 Å². The van der Waals surface area contributed by atoms with Crippen molar-refractivity contribution in [1.82, 2.24) is 4.98 Å². The number of halogens is 1. The van der Waals surface area contributed by atoms with Crippen LogP contribution in [0.15, 0.2) is 12.3 Å². The number of rotatable bonds is 2. The zero-order valence-electron chi connectivity index (χ0n) is 6.34. The quantitative estimate of drug-likeness (QED) is 0.697. The van der Waals surface area contributed by atoms with Crippen molar-refractivity contribution in [2.24, 2.45) is 0 Å². The van der Waals surface area contributed by atoms with Gasteiger partial charge in [-0.05, 0) is 18.1 Å². The molecular weight excluding hydrogens is 145 g/mol. The minimum atomic E-state index is -0.301. The number of nitrogens with zero attached hydrogens (tertiary/aromatic N) is 1. The molecule has 0 aliphatic carbocycles. The van der Waals surface area contributed by atoms with Crippen LogP contribution in [0.4, 0.5) is 4.39 Å². The summed E-state index contributed by atoms with van der Waals surface area (Å²) in [6.07, 6.45) is 1.77. The number of pyridine rings is 1. The van der Waals surface area contributed by atoms with Crippen LogP contribution in [0.1, 0.15) is 18.2 Å². The van der Waals surface area contributed by atoms with Crippen LogP contribution in [-0.4, -0.2) is 10.1 Å². The first-order valence-corrected chi connectivity index (χ1v) is 3.52. The molecule has 0 radical (unpaired) electrons. The first kappa shape index (κ1) is 8.14. The van der Waals surface area contributed by atoms with Crippen molar-refractivity contribution in [1.29, 1.82) is 0 Å². The fraction of sp³-hybridized carbons (Fsp3) is 0.375. The molecule has 0 aromatic carbocycles. The lowest BCUT2D eigenvalue weighted by Gasteiger charge is -2.00. The first-order valence-electron chi connectivity index (χ1n) is 3.52. The third-order valence-corrected chi connectivity index (χ3v) is 1.53. The van der Waals surface area contributed by atoms with E-state index in [0.29, 0.717) is 17.7 Å². The fourth-order valence-corrected chi connectivity index (χ4v) is 0.887. The van der Waals surface area contributed by atoms with Crippen molar-refractivity contribution < 1.29 is 9.50 Å². The number of aromatic nitrogens is 1. The Morgan fingerprint density at radius 3 is 2.91 bits per heavy atom. The van der Waals surface area contributed by atoms with Gasteiger partial charge in [0.25, 0.3) is 0 Å². The molecule has 1 heterocycles. The van der Waals surface area contributed by atoms with Crippen molar-refractivity contribution in [3.05, 3.63) is 29.3 Å². The smallest absolute Gasteiger partial charge is 0.144 e. The van der Waals surface area contributed by atoms with Crippen molar-refractivity contribution in [2.75, 3.05) is 0 Å². The molecule has 1 rings (SSSR count). The fourth-order valence-electron chi connectivity index (χ4n) is 0.887. The van der Waals surface area contributed by atoms with Crippen LogP contribution in [-0.2, 0) is 13.0 Å². The number of hydrogen-bond acceptors (Lipinski definition) is 2. The molecule has 0 aliphatic heterocycles. The van der Waals surface area contributed by atoms with Crippen LogP contribution in [0.2, 0.25) is 0 Å². The average molecular weight is 155 g/mol. The van der Waals surface area contributed by atoms with E-state index in [1.54, 1.807) is 6.07 Å². The van der Waals surface area contributed by atoms with Gasteiger partial charge in [0.1, 0.15) is 5.82 Å². The second-order valence-electron chi connectivity index (χ2n) is 2.28. The van der Waals surface area contributed by atoms with Gasteiger partial charge in [-0.2, -0.15) is 0 Å². The van der Waals surface area contributed by atoms with Crippen molar-refractivity contribution in [2.45, 2.75) is 20.0 Å². The lowest BCUT2D eigenvalue weighted by molar-refractivity contribution is 0.276. The van der Waals surface area contributed by atoms with Gasteiger partial charge in [-0.25, -0.2) is 4.39 Å². The molecule has 2 nitrogen and oxygen atoms in total. The molecule has 0 spiro atoms. The van der Waals surface area contributed by atoms with Crippen LogP contribution in [0.25, 0.3) is 0 Å². The van der Waals surface area contributed by atoms with Crippen LogP contribution in [0.5, 0.6) is 0 Å². The highest BCUT2D eigenvalue weighted by molar-refractivity contribution is 5.17. The summed E-state index contributed by atoms with van der Waals surface area (Å²) in [5.74, 6) is -0.301. The lowest BCUT2D eigenvalue weighted by atomic mass is 10.2. The minimum absolute atomic E-state index is 0.132. The zero-order valence-corrected chi connectivity index (χ0v) is 6.34. The predicted molar refractivity (Wildman–Crippen MR) is 39.5 cm³/mol. The van der Waals surface area contributed by atoms with Gasteiger partial charge in [0, 0.05) is 0 Å². The molecule has 3 heteroatoms. The molecule has 11 heavy (non-hydrogen) atoms. The molecule has 0 atom stereocenters. The standard InChI is InChI=1S/C8H10FNO/c1-2-6-3-7(5-11)10-4-8(6)9/h3-4,11H,2,5H2,1H3. The molecule has 0 saturated heterocycles. The van der Waals surface area contributed by atoms with Crippen molar-refractivity contribution in [3.8, 4) is 0 Å². The molecule has 60 valence electrons. The SMILES string of the molecule is CCc1cc(CO)ncc1F. The van der Waals surface area contributed by atoms with Gasteiger partial charge in [-0.15, -0.1) is 0 Å². The van der Waals surface area contributed by atoms with Crippen LogP contribution in [0, 0.1) is 5.82 Å². The second-order valence-corrected chi connectivity index (χ2v) is 2.28. The van der Waals surface area contributed by atoms with Crippen molar-refractivity contribution >= 4 is 0 Å². The molecule has 1 N–H and O–H groups in total. The Kier molecular flexibility index (Phi) is 2.54. The minimum Gasteiger partial charge on any atom is -0.390 e. The third-order valence-electron chi connectivity index (χ3n) is 1.53.